The number of anilines is 1. The van der Waals surface area contributed by atoms with Crippen LogP contribution in [0.1, 0.15) is 11.1 Å². The van der Waals surface area contributed by atoms with E-state index >= 15 is 0 Å². The number of hydrogen-bond acceptors (Lipinski definition) is 5. The van der Waals surface area contributed by atoms with Crippen molar-refractivity contribution in [2.75, 3.05) is 11.1 Å². The highest BCUT2D eigenvalue weighted by atomic mass is 35.5. The fourth-order valence-corrected chi connectivity index (χ4v) is 4.29. The lowest BCUT2D eigenvalue weighted by atomic mass is 10.1. The van der Waals surface area contributed by atoms with Gasteiger partial charge >= 0.3 is 0 Å². The van der Waals surface area contributed by atoms with Crippen molar-refractivity contribution >= 4 is 46.1 Å². The summed E-state index contributed by atoms with van der Waals surface area (Å²) in [6.07, 6.45) is 3.72. The summed E-state index contributed by atoms with van der Waals surface area (Å²) < 4.78 is 3.67. The van der Waals surface area contributed by atoms with Crippen molar-refractivity contribution in [3.8, 4) is 11.3 Å². The largest absolute Gasteiger partial charge is 0.325 e. The van der Waals surface area contributed by atoms with Crippen LogP contribution in [0, 0.1) is 13.8 Å². The van der Waals surface area contributed by atoms with E-state index in [1.807, 2.05) is 35.9 Å². The summed E-state index contributed by atoms with van der Waals surface area (Å²) in [5.74, 6) is 0.0652. The molecule has 0 saturated heterocycles. The van der Waals surface area contributed by atoms with E-state index in [4.69, 9.17) is 11.6 Å². The zero-order chi connectivity index (χ0) is 22.2. The maximum atomic E-state index is 12.5. The van der Waals surface area contributed by atoms with Gasteiger partial charge in [-0.1, -0.05) is 59.3 Å². The molecule has 3 aromatic heterocycles. The van der Waals surface area contributed by atoms with Gasteiger partial charge in [-0.05, 0) is 37.6 Å². The molecule has 32 heavy (non-hydrogen) atoms. The number of halogens is 1. The molecule has 2 aromatic carbocycles. The van der Waals surface area contributed by atoms with Crippen molar-refractivity contribution in [3.05, 3.63) is 77.1 Å². The minimum atomic E-state index is -0.135. The Hall–Kier alpha value is -3.36. The van der Waals surface area contributed by atoms with E-state index in [0.29, 0.717) is 21.5 Å². The standard InChI is InChI=1S/C23H19ClN6OS/c1-14-3-6-16(7-4-14)19-12-20-22-26-27-23(29(22)9-10-30(20)28-19)32-13-21(31)25-18-11-17(24)8-5-15(18)2/h3-12H,13H2,1-2H3,(H,25,31). The maximum Gasteiger partial charge on any atom is 0.234 e. The number of benzene rings is 2. The number of fused-ring (bicyclic) bond motifs is 3. The summed E-state index contributed by atoms with van der Waals surface area (Å²) in [6.45, 7) is 3.98. The van der Waals surface area contributed by atoms with Crippen LogP contribution in [0.2, 0.25) is 5.02 Å². The van der Waals surface area contributed by atoms with Gasteiger partial charge in [0.05, 0.1) is 11.4 Å². The fraction of sp³-hybridized carbons (Fsp3) is 0.130. The number of hydrogen-bond donors (Lipinski definition) is 1. The molecule has 9 heteroatoms. The molecule has 0 bridgehead atoms. The Kier molecular flexibility index (Phi) is 5.32. The monoisotopic (exact) mass is 462 g/mol. The third-order valence-electron chi connectivity index (χ3n) is 5.14. The molecule has 5 aromatic rings. The molecule has 0 spiro atoms. The molecule has 0 fully saturated rings. The van der Waals surface area contributed by atoms with Gasteiger partial charge in [0.15, 0.2) is 10.8 Å². The molecule has 160 valence electrons. The minimum absolute atomic E-state index is 0.135. The average Bonchev–Trinajstić information content (AvgIpc) is 3.39. The fourth-order valence-electron chi connectivity index (χ4n) is 3.40. The quantitative estimate of drug-likeness (QED) is 0.370. The molecular weight excluding hydrogens is 444 g/mol. The SMILES string of the molecule is Cc1ccc(-c2cc3c4nnc(SCC(=O)Nc5cc(Cl)ccc5C)n4ccn3n2)cc1. The second-order valence-electron chi connectivity index (χ2n) is 7.50. The van der Waals surface area contributed by atoms with Crippen molar-refractivity contribution in [2.45, 2.75) is 19.0 Å². The lowest BCUT2D eigenvalue weighted by molar-refractivity contribution is -0.113. The first-order valence-electron chi connectivity index (χ1n) is 9.97. The third-order valence-corrected chi connectivity index (χ3v) is 6.32. The molecule has 0 aliphatic heterocycles. The van der Waals surface area contributed by atoms with Crippen LogP contribution in [0.15, 0.2) is 66.1 Å². The highest BCUT2D eigenvalue weighted by Crippen LogP contribution is 2.25. The normalized spacial score (nSPS) is 11.3. The summed E-state index contributed by atoms with van der Waals surface area (Å²) in [5, 5.41) is 17.4. The van der Waals surface area contributed by atoms with Crippen LogP contribution >= 0.6 is 23.4 Å². The number of carbonyl (C=O) groups excluding carboxylic acids is 1. The molecular formula is C23H19ClN6OS. The van der Waals surface area contributed by atoms with Gasteiger partial charge in [0.25, 0.3) is 0 Å². The van der Waals surface area contributed by atoms with Gasteiger partial charge in [0.2, 0.25) is 5.91 Å². The van der Waals surface area contributed by atoms with Gasteiger partial charge < -0.3 is 5.32 Å². The number of rotatable bonds is 5. The zero-order valence-electron chi connectivity index (χ0n) is 17.4. The van der Waals surface area contributed by atoms with Gasteiger partial charge in [-0.15, -0.1) is 10.2 Å². The Balaban J connectivity index is 1.37. The Morgan fingerprint density at radius 1 is 1.06 bits per heavy atom. The minimum Gasteiger partial charge on any atom is -0.325 e. The Morgan fingerprint density at radius 3 is 2.69 bits per heavy atom. The van der Waals surface area contributed by atoms with Crippen LogP contribution < -0.4 is 5.32 Å². The number of nitrogens with one attached hydrogen (secondary N) is 1. The van der Waals surface area contributed by atoms with Crippen molar-refractivity contribution in [1.82, 2.24) is 24.2 Å². The number of amides is 1. The topological polar surface area (TPSA) is 76.6 Å². The van der Waals surface area contributed by atoms with E-state index in [0.717, 1.165) is 22.3 Å². The Bertz CT molecular complexity index is 1460. The van der Waals surface area contributed by atoms with Crippen LogP contribution in [0.25, 0.3) is 22.4 Å². The second-order valence-corrected chi connectivity index (χ2v) is 8.87. The summed E-state index contributed by atoms with van der Waals surface area (Å²) in [5.41, 5.74) is 6.31. The molecule has 1 N–H and O–H groups in total. The van der Waals surface area contributed by atoms with Gasteiger partial charge in [-0.25, -0.2) is 4.52 Å². The van der Waals surface area contributed by atoms with Crippen molar-refractivity contribution in [1.29, 1.82) is 0 Å². The lowest BCUT2D eigenvalue weighted by Crippen LogP contribution is -2.15. The molecule has 0 atom stereocenters. The lowest BCUT2D eigenvalue weighted by Gasteiger charge is -2.08. The average molecular weight is 463 g/mol. The number of thioether (sulfide) groups is 1. The number of aromatic nitrogens is 5. The molecule has 1 amide bonds. The number of carbonyl (C=O) groups is 1. The van der Waals surface area contributed by atoms with Crippen LogP contribution in [0.3, 0.4) is 0 Å². The van der Waals surface area contributed by atoms with Crippen molar-refractivity contribution in [2.24, 2.45) is 0 Å². The van der Waals surface area contributed by atoms with Crippen LogP contribution in [-0.2, 0) is 4.79 Å². The van der Waals surface area contributed by atoms with Gasteiger partial charge in [0.1, 0.15) is 5.52 Å². The molecule has 0 aliphatic rings. The number of nitrogens with zero attached hydrogens (tertiary/aromatic N) is 5. The van der Waals surface area contributed by atoms with Crippen LogP contribution in [0.5, 0.6) is 0 Å². The molecule has 0 unspecified atom stereocenters. The van der Waals surface area contributed by atoms with Crippen molar-refractivity contribution < 1.29 is 4.79 Å². The first-order chi connectivity index (χ1) is 15.5. The summed E-state index contributed by atoms with van der Waals surface area (Å²) in [4.78, 5) is 12.5. The van der Waals surface area contributed by atoms with Gasteiger partial charge in [0, 0.05) is 28.7 Å². The maximum absolute atomic E-state index is 12.5. The summed E-state index contributed by atoms with van der Waals surface area (Å²) >= 11 is 7.36. The summed E-state index contributed by atoms with van der Waals surface area (Å²) in [6, 6.07) is 15.7. The van der Waals surface area contributed by atoms with Gasteiger partial charge in [-0.2, -0.15) is 5.10 Å². The third kappa shape index (κ3) is 3.94. The first kappa shape index (κ1) is 20.5. The predicted molar refractivity (Wildman–Crippen MR) is 127 cm³/mol. The van der Waals surface area contributed by atoms with E-state index in [1.165, 1.54) is 17.3 Å². The smallest absolute Gasteiger partial charge is 0.234 e. The highest BCUT2D eigenvalue weighted by molar-refractivity contribution is 7.99. The second kappa shape index (κ2) is 8.29. The molecule has 5 rings (SSSR count). The van der Waals surface area contributed by atoms with E-state index in [9.17, 15) is 4.79 Å². The van der Waals surface area contributed by atoms with Crippen LogP contribution in [0.4, 0.5) is 5.69 Å². The summed E-state index contributed by atoms with van der Waals surface area (Å²) in [7, 11) is 0. The van der Waals surface area contributed by atoms with E-state index in [2.05, 4.69) is 51.8 Å². The highest BCUT2D eigenvalue weighted by Gasteiger charge is 2.14. The van der Waals surface area contributed by atoms with Crippen molar-refractivity contribution in [3.63, 3.8) is 0 Å². The molecule has 0 aliphatic carbocycles. The molecule has 0 radical (unpaired) electrons. The zero-order valence-corrected chi connectivity index (χ0v) is 19.0. The predicted octanol–water partition coefficient (Wildman–Crippen LogP) is 5.05. The Labute approximate surface area is 193 Å². The first-order valence-corrected chi connectivity index (χ1v) is 11.3. The Morgan fingerprint density at radius 2 is 1.88 bits per heavy atom. The van der Waals surface area contributed by atoms with Gasteiger partial charge in [-0.3, -0.25) is 9.20 Å². The number of aryl methyl sites for hydroxylation is 2. The molecule has 0 saturated carbocycles. The molecule has 3 heterocycles. The van der Waals surface area contributed by atoms with Crippen LogP contribution in [-0.4, -0.2) is 35.9 Å². The van der Waals surface area contributed by atoms with E-state index in [1.54, 1.807) is 16.6 Å². The van der Waals surface area contributed by atoms with E-state index < -0.39 is 0 Å². The van der Waals surface area contributed by atoms with E-state index in [-0.39, 0.29) is 11.7 Å². The molecule has 7 nitrogen and oxygen atoms in total.